The number of esters is 1. The van der Waals surface area contributed by atoms with Crippen molar-refractivity contribution >= 4 is 5.97 Å². The first-order valence-corrected chi connectivity index (χ1v) is 11.1. The van der Waals surface area contributed by atoms with Crippen molar-refractivity contribution in [3.63, 3.8) is 0 Å². The number of carbonyl (C=O) groups excluding carboxylic acids is 1. The summed E-state index contributed by atoms with van der Waals surface area (Å²) in [7, 11) is 1.27. The lowest BCUT2D eigenvalue weighted by molar-refractivity contribution is -0.137. The number of nitriles is 1. The van der Waals surface area contributed by atoms with E-state index in [2.05, 4.69) is 14.7 Å². The van der Waals surface area contributed by atoms with E-state index in [0.717, 1.165) is 6.07 Å². The number of methoxy groups -OCH3 is 1. The molecule has 1 atom stereocenters. The molecule has 0 saturated carbocycles. The molecule has 186 valence electrons. The third-order valence-corrected chi connectivity index (χ3v) is 5.62. The zero-order valence-corrected chi connectivity index (χ0v) is 19.6. The molecule has 0 saturated heterocycles. The van der Waals surface area contributed by atoms with E-state index in [1.807, 2.05) is 6.07 Å². The summed E-state index contributed by atoms with van der Waals surface area (Å²) >= 11 is 0. The van der Waals surface area contributed by atoms with Gasteiger partial charge in [0, 0.05) is 29.7 Å². The maximum absolute atomic E-state index is 13.8. The summed E-state index contributed by atoms with van der Waals surface area (Å²) in [5.74, 6) is -0.516. The topological polar surface area (TPSA) is 85.1 Å². The smallest absolute Gasteiger partial charge is 0.417 e. The average molecular weight is 503 g/mol. The molecule has 2 aromatic heterocycles. The third-order valence-electron chi connectivity index (χ3n) is 5.62. The Labute approximate surface area is 211 Å². The van der Waals surface area contributed by atoms with Gasteiger partial charge in [-0.05, 0) is 47.5 Å². The van der Waals surface area contributed by atoms with Crippen molar-refractivity contribution in [3.05, 3.63) is 119 Å². The Bertz CT molecular complexity index is 1430. The van der Waals surface area contributed by atoms with Gasteiger partial charge in [0.25, 0.3) is 0 Å². The average Bonchev–Trinajstić information content (AvgIpc) is 2.93. The molecule has 9 heteroatoms. The molecule has 1 unspecified atom stereocenters. The normalized spacial score (nSPS) is 12.0. The molecule has 2 aromatic carbocycles. The maximum Gasteiger partial charge on any atom is 0.417 e. The van der Waals surface area contributed by atoms with E-state index < -0.39 is 23.8 Å². The first-order valence-electron chi connectivity index (χ1n) is 11.1. The number of rotatable bonds is 7. The highest BCUT2D eigenvalue weighted by atomic mass is 19.4. The molecule has 0 aliphatic heterocycles. The fourth-order valence-electron chi connectivity index (χ4n) is 3.84. The molecule has 0 fully saturated rings. The van der Waals surface area contributed by atoms with Crippen molar-refractivity contribution in [1.82, 2.24) is 9.97 Å². The Morgan fingerprint density at radius 2 is 1.81 bits per heavy atom. The van der Waals surface area contributed by atoms with Crippen LogP contribution in [0.3, 0.4) is 0 Å². The van der Waals surface area contributed by atoms with Crippen LogP contribution in [-0.4, -0.2) is 23.0 Å². The van der Waals surface area contributed by atoms with E-state index in [9.17, 15) is 23.2 Å². The van der Waals surface area contributed by atoms with Gasteiger partial charge in [-0.1, -0.05) is 30.3 Å². The van der Waals surface area contributed by atoms with Gasteiger partial charge in [0.1, 0.15) is 6.10 Å². The second-order valence-electron chi connectivity index (χ2n) is 7.97. The summed E-state index contributed by atoms with van der Waals surface area (Å²) in [6.45, 7) is 0.0372. The molecule has 0 aliphatic carbocycles. The van der Waals surface area contributed by atoms with Gasteiger partial charge in [-0.25, -0.2) is 4.79 Å². The first-order chi connectivity index (χ1) is 17.8. The molecule has 0 radical (unpaired) electrons. The predicted molar refractivity (Wildman–Crippen MR) is 128 cm³/mol. The second kappa shape index (κ2) is 11.0. The van der Waals surface area contributed by atoms with Crippen molar-refractivity contribution in [2.24, 2.45) is 0 Å². The molecule has 4 aromatic rings. The van der Waals surface area contributed by atoms with Crippen LogP contribution in [-0.2, 0) is 22.3 Å². The summed E-state index contributed by atoms with van der Waals surface area (Å²) in [6, 6.07) is 18.5. The molecule has 37 heavy (non-hydrogen) atoms. The van der Waals surface area contributed by atoms with Crippen LogP contribution in [0.5, 0.6) is 0 Å². The van der Waals surface area contributed by atoms with Gasteiger partial charge in [-0.2, -0.15) is 18.4 Å². The Hall–Kier alpha value is -4.55. The summed E-state index contributed by atoms with van der Waals surface area (Å²) in [6.07, 6.45) is -0.754. The molecule has 0 N–H and O–H groups in total. The molecule has 6 nitrogen and oxygen atoms in total. The Morgan fingerprint density at radius 3 is 2.46 bits per heavy atom. The number of ether oxygens (including phenoxy) is 2. The van der Waals surface area contributed by atoms with Crippen LogP contribution in [0.4, 0.5) is 13.2 Å². The largest absolute Gasteiger partial charge is 0.465 e. The van der Waals surface area contributed by atoms with Crippen molar-refractivity contribution in [3.8, 4) is 17.2 Å². The summed E-state index contributed by atoms with van der Waals surface area (Å²) in [4.78, 5) is 20.0. The fourth-order valence-corrected chi connectivity index (χ4v) is 3.84. The number of benzene rings is 2. The van der Waals surface area contributed by atoms with Crippen LogP contribution < -0.4 is 0 Å². The molecule has 0 spiro atoms. The van der Waals surface area contributed by atoms with Crippen molar-refractivity contribution in [1.29, 1.82) is 5.26 Å². The number of aromatic nitrogens is 2. The molecule has 0 bridgehead atoms. The number of hydrogen-bond donors (Lipinski definition) is 0. The summed E-state index contributed by atoms with van der Waals surface area (Å²) < 4.78 is 52.1. The molecule has 0 amide bonds. The SMILES string of the molecule is COC(=O)c1ccc(COC(c2cccnc2)c2ccc(C#N)c(-c3ccccc3C(F)(F)F)c2)nc1. The number of carbonyl (C=O) groups is 1. The van der Waals surface area contributed by atoms with Crippen LogP contribution in [0, 0.1) is 11.3 Å². The van der Waals surface area contributed by atoms with Crippen molar-refractivity contribution < 1.29 is 27.4 Å². The lowest BCUT2D eigenvalue weighted by Crippen LogP contribution is -2.10. The van der Waals surface area contributed by atoms with Crippen LogP contribution in [0.15, 0.2) is 85.3 Å². The molecule has 0 aliphatic rings. The first kappa shape index (κ1) is 25.5. The Morgan fingerprint density at radius 1 is 1.00 bits per heavy atom. The van der Waals surface area contributed by atoms with Gasteiger partial charge in [-0.15, -0.1) is 0 Å². The van der Waals surface area contributed by atoms with Gasteiger partial charge in [0.2, 0.25) is 0 Å². The Kier molecular flexibility index (Phi) is 7.60. The highest BCUT2D eigenvalue weighted by molar-refractivity contribution is 5.88. The number of nitrogens with zero attached hydrogens (tertiary/aromatic N) is 3. The summed E-state index contributed by atoms with van der Waals surface area (Å²) in [5, 5.41) is 9.64. The van der Waals surface area contributed by atoms with Crippen LogP contribution in [0.25, 0.3) is 11.1 Å². The van der Waals surface area contributed by atoms with Gasteiger partial charge in [0.15, 0.2) is 0 Å². The minimum atomic E-state index is -4.60. The fraction of sp³-hybridized carbons (Fsp3) is 0.143. The predicted octanol–water partition coefficient (Wildman–Crippen LogP) is 6.13. The molecule has 4 rings (SSSR count). The minimum absolute atomic E-state index is 0.0372. The zero-order chi connectivity index (χ0) is 26.4. The van der Waals surface area contributed by atoms with Gasteiger partial charge in [-0.3, -0.25) is 9.97 Å². The zero-order valence-electron chi connectivity index (χ0n) is 19.6. The van der Waals surface area contributed by atoms with E-state index >= 15 is 0 Å². The standard InChI is InChI=1S/C28H20F3N3O3/c1-36-27(35)21-10-11-22(34-16-21)17-37-26(20-5-4-12-33-15-20)18-8-9-19(14-32)24(13-18)23-6-2-3-7-25(23)28(29,30)31/h2-13,15-16,26H,17H2,1H3. The quantitative estimate of drug-likeness (QED) is 0.282. The van der Waals surface area contributed by atoms with E-state index in [1.54, 1.807) is 42.7 Å². The number of halogens is 3. The molecular weight excluding hydrogens is 483 g/mol. The molecular formula is C28H20F3N3O3. The van der Waals surface area contributed by atoms with Gasteiger partial charge < -0.3 is 9.47 Å². The van der Waals surface area contributed by atoms with E-state index in [1.165, 1.54) is 43.6 Å². The second-order valence-corrected chi connectivity index (χ2v) is 7.97. The number of hydrogen-bond acceptors (Lipinski definition) is 6. The third kappa shape index (κ3) is 5.82. The molecule has 2 heterocycles. The van der Waals surface area contributed by atoms with E-state index in [-0.39, 0.29) is 28.9 Å². The van der Waals surface area contributed by atoms with Crippen molar-refractivity contribution in [2.45, 2.75) is 18.9 Å². The monoisotopic (exact) mass is 503 g/mol. The highest BCUT2D eigenvalue weighted by Crippen LogP contribution is 2.39. The number of pyridine rings is 2. The van der Waals surface area contributed by atoms with Crippen LogP contribution >= 0.6 is 0 Å². The van der Waals surface area contributed by atoms with E-state index in [4.69, 9.17) is 4.74 Å². The maximum atomic E-state index is 13.8. The minimum Gasteiger partial charge on any atom is -0.465 e. The van der Waals surface area contributed by atoms with Gasteiger partial charge >= 0.3 is 12.1 Å². The van der Waals surface area contributed by atoms with Crippen LogP contribution in [0.2, 0.25) is 0 Å². The lowest BCUT2D eigenvalue weighted by Gasteiger charge is -2.21. The van der Waals surface area contributed by atoms with E-state index in [0.29, 0.717) is 16.8 Å². The highest BCUT2D eigenvalue weighted by Gasteiger charge is 2.34. The van der Waals surface area contributed by atoms with Gasteiger partial charge in [0.05, 0.1) is 42.2 Å². The van der Waals surface area contributed by atoms with Crippen molar-refractivity contribution in [2.75, 3.05) is 7.11 Å². The summed E-state index contributed by atoms with van der Waals surface area (Å²) in [5.41, 5.74) is 1.32. The Balaban J connectivity index is 1.73. The lowest BCUT2D eigenvalue weighted by atomic mass is 9.91. The number of alkyl halides is 3. The van der Waals surface area contributed by atoms with Crippen LogP contribution in [0.1, 0.15) is 44.4 Å².